The molecule has 0 unspecified atom stereocenters. The second-order valence-electron chi connectivity index (χ2n) is 4.57. The lowest BCUT2D eigenvalue weighted by molar-refractivity contribution is -0.122. The molecule has 0 aliphatic carbocycles. The van der Waals surface area contributed by atoms with Crippen molar-refractivity contribution in [1.29, 1.82) is 0 Å². The second-order valence-corrected chi connectivity index (χ2v) is 5.00. The Morgan fingerprint density at radius 2 is 2.00 bits per heavy atom. The van der Waals surface area contributed by atoms with Crippen molar-refractivity contribution in [2.45, 2.75) is 0 Å². The maximum absolute atomic E-state index is 13.7. The molecule has 5 nitrogen and oxygen atoms in total. The Hall–Kier alpha value is -2.60. The summed E-state index contributed by atoms with van der Waals surface area (Å²) in [4.78, 5) is 23.2. The number of benzene rings is 2. The topological polar surface area (TPSA) is 67.4 Å². The third-order valence-electron chi connectivity index (χ3n) is 2.92. The molecule has 2 aromatic rings. The van der Waals surface area contributed by atoms with Crippen molar-refractivity contribution in [3.8, 4) is 5.75 Å². The lowest BCUT2D eigenvalue weighted by atomic mass is 10.2. The average molecular weight is 337 g/mol. The number of halogens is 2. The Balaban J connectivity index is 2.07. The molecular formula is C16H14ClFN2O3. The van der Waals surface area contributed by atoms with Gasteiger partial charge in [0.05, 0.1) is 5.56 Å². The Kier molecular flexibility index (Phi) is 5.54. The molecule has 2 aromatic carbocycles. The smallest absolute Gasteiger partial charge is 0.258 e. The monoisotopic (exact) mass is 336 g/mol. The number of nitrogens with one attached hydrogen (secondary N) is 2. The lowest BCUT2D eigenvalue weighted by Crippen LogP contribution is -2.24. The van der Waals surface area contributed by atoms with Gasteiger partial charge >= 0.3 is 0 Å². The van der Waals surface area contributed by atoms with Crippen LogP contribution in [0.3, 0.4) is 0 Å². The molecule has 2 amide bonds. The van der Waals surface area contributed by atoms with Crippen molar-refractivity contribution < 1.29 is 18.7 Å². The highest BCUT2D eigenvalue weighted by Gasteiger charge is 2.12. The van der Waals surface area contributed by atoms with Crippen LogP contribution in [0.2, 0.25) is 5.02 Å². The van der Waals surface area contributed by atoms with E-state index in [4.69, 9.17) is 16.3 Å². The van der Waals surface area contributed by atoms with Gasteiger partial charge in [0.15, 0.2) is 6.61 Å². The normalized spacial score (nSPS) is 10.0. The molecule has 7 heteroatoms. The van der Waals surface area contributed by atoms with Crippen LogP contribution in [0.1, 0.15) is 10.4 Å². The predicted molar refractivity (Wildman–Crippen MR) is 85.4 cm³/mol. The van der Waals surface area contributed by atoms with E-state index in [2.05, 4.69) is 10.6 Å². The number of hydrogen-bond acceptors (Lipinski definition) is 3. The maximum atomic E-state index is 13.7. The minimum absolute atomic E-state index is 0.119. The Morgan fingerprint density at radius 1 is 1.22 bits per heavy atom. The van der Waals surface area contributed by atoms with Crippen LogP contribution in [-0.4, -0.2) is 25.5 Å². The maximum Gasteiger partial charge on any atom is 0.258 e. The molecule has 0 aliphatic heterocycles. The van der Waals surface area contributed by atoms with Gasteiger partial charge in [-0.05, 0) is 30.3 Å². The summed E-state index contributed by atoms with van der Waals surface area (Å²) in [5.74, 6) is -1.18. The number of hydrogen-bond donors (Lipinski definition) is 2. The first-order valence-corrected chi connectivity index (χ1v) is 7.07. The quantitative estimate of drug-likeness (QED) is 0.882. The van der Waals surface area contributed by atoms with Gasteiger partial charge < -0.3 is 15.4 Å². The van der Waals surface area contributed by atoms with Gasteiger partial charge in [0.2, 0.25) is 0 Å². The molecule has 0 aliphatic rings. The molecule has 0 saturated heterocycles. The first-order chi connectivity index (χ1) is 11.0. The number of carbonyl (C=O) groups is 2. The van der Waals surface area contributed by atoms with Gasteiger partial charge in [-0.2, -0.15) is 0 Å². The van der Waals surface area contributed by atoms with Crippen molar-refractivity contribution in [1.82, 2.24) is 5.32 Å². The SMILES string of the molecule is CNC(=O)COc1cccc(NC(=O)c2ccc(Cl)cc2F)c1. The number of amides is 2. The molecule has 0 atom stereocenters. The fourth-order valence-corrected chi connectivity index (χ4v) is 1.92. The molecule has 0 heterocycles. The van der Waals surface area contributed by atoms with Crippen LogP contribution in [0.15, 0.2) is 42.5 Å². The van der Waals surface area contributed by atoms with Gasteiger partial charge in [-0.1, -0.05) is 17.7 Å². The van der Waals surface area contributed by atoms with E-state index < -0.39 is 11.7 Å². The second kappa shape index (κ2) is 7.60. The van der Waals surface area contributed by atoms with Crippen LogP contribution < -0.4 is 15.4 Å². The van der Waals surface area contributed by atoms with E-state index in [-0.39, 0.29) is 23.1 Å². The van der Waals surface area contributed by atoms with Crippen molar-refractivity contribution in [2.24, 2.45) is 0 Å². The van der Waals surface area contributed by atoms with E-state index in [1.807, 2.05) is 0 Å². The standard InChI is InChI=1S/C16H14ClFN2O3/c1-19-15(21)9-23-12-4-2-3-11(8-12)20-16(22)13-6-5-10(17)7-14(13)18/h2-8H,9H2,1H3,(H,19,21)(H,20,22). The minimum Gasteiger partial charge on any atom is -0.484 e. The Morgan fingerprint density at radius 3 is 2.70 bits per heavy atom. The van der Waals surface area contributed by atoms with Crippen LogP contribution in [0, 0.1) is 5.82 Å². The third-order valence-corrected chi connectivity index (χ3v) is 3.15. The Labute approximate surface area is 137 Å². The minimum atomic E-state index is -0.706. The molecule has 0 bridgehead atoms. The van der Waals surface area contributed by atoms with Crippen molar-refractivity contribution >= 4 is 29.1 Å². The first-order valence-electron chi connectivity index (χ1n) is 6.69. The van der Waals surface area contributed by atoms with Crippen molar-refractivity contribution in [3.05, 3.63) is 58.9 Å². The summed E-state index contributed by atoms with van der Waals surface area (Å²) >= 11 is 5.65. The van der Waals surface area contributed by atoms with Gasteiger partial charge in [0, 0.05) is 23.8 Å². The molecule has 0 aromatic heterocycles. The highest BCUT2D eigenvalue weighted by Crippen LogP contribution is 2.20. The highest BCUT2D eigenvalue weighted by molar-refractivity contribution is 6.30. The molecular weight excluding hydrogens is 323 g/mol. The molecule has 0 fully saturated rings. The van der Waals surface area contributed by atoms with Gasteiger partial charge in [-0.3, -0.25) is 9.59 Å². The number of likely N-dealkylation sites (N-methyl/N-ethyl adjacent to an activating group) is 1. The van der Waals surface area contributed by atoms with Gasteiger partial charge in [0.1, 0.15) is 11.6 Å². The summed E-state index contributed by atoms with van der Waals surface area (Å²) in [5.41, 5.74) is 0.296. The zero-order valence-electron chi connectivity index (χ0n) is 12.2. The van der Waals surface area contributed by atoms with E-state index in [0.29, 0.717) is 11.4 Å². The van der Waals surface area contributed by atoms with Crippen LogP contribution in [0.25, 0.3) is 0 Å². The van der Waals surface area contributed by atoms with Crippen molar-refractivity contribution in [2.75, 3.05) is 19.0 Å². The zero-order chi connectivity index (χ0) is 16.8. The summed E-state index contributed by atoms with van der Waals surface area (Å²) in [5, 5.41) is 5.20. The predicted octanol–water partition coefficient (Wildman–Crippen LogP) is 2.86. The van der Waals surface area contributed by atoms with Crippen molar-refractivity contribution in [3.63, 3.8) is 0 Å². The number of carbonyl (C=O) groups excluding carboxylic acids is 2. The van der Waals surface area contributed by atoms with Gasteiger partial charge in [-0.15, -0.1) is 0 Å². The third kappa shape index (κ3) is 4.69. The van der Waals surface area contributed by atoms with Crippen LogP contribution >= 0.6 is 11.6 Å². The summed E-state index contributed by atoms with van der Waals surface area (Å²) in [6.07, 6.45) is 0. The van der Waals surface area contributed by atoms with E-state index in [0.717, 1.165) is 6.07 Å². The Bertz CT molecular complexity index is 737. The summed E-state index contributed by atoms with van der Waals surface area (Å²) in [6.45, 7) is -0.139. The fraction of sp³-hybridized carbons (Fsp3) is 0.125. The molecule has 120 valence electrons. The van der Waals surface area contributed by atoms with Crippen LogP contribution in [0.4, 0.5) is 10.1 Å². The van der Waals surface area contributed by atoms with E-state index >= 15 is 0 Å². The fourth-order valence-electron chi connectivity index (χ4n) is 1.76. The van der Waals surface area contributed by atoms with E-state index in [1.165, 1.54) is 25.2 Å². The largest absolute Gasteiger partial charge is 0.484 e. The molecule has 2 N–H and O–H groups in total. The van der Waals surface area contributed by atoms with Gasteiger partial charge in [-0.25, -0.2) is 4.39 Å². The number of ether oxygens (including phenoxy) is 1. The molecule has 2 rings (SSSR count). The lowest BCUT2D eigenvalue weighted by Gasteiger charge is -2.09. The molecule has 0 saturated carbocycles. The molecule has 0 radical (unpaired) electrons. The number of rotatable bonds is 5. The molecule has 23 heavy (non-hydrogen) atoms. The summed E-state index contributed by atoms with van der Waals surface area (Å²) < 4.78 is 19.0. The molecule has 0 spiro atoms. The van der Waals surface area contributed by atoms with Crippen LogP contribution in [-0.2, 0) is 4.79 Å². The van der Waals surface area contributed by atoms with E-state index in [1.54, 1.807) is 18.2 Å². The van der Waals surface area contributed by atoms with Gasteiger partial charge in [0.25, 0.3) is 11.8 Å². The number of anilines is 1. The average Bonchev–Trinajstić information content (AvgIpc) is 2.52. The van der Waals surface area contributed by atoms with Crippen LogP contribution in [0.5, 0.6) is 5.75 Å². The summed E-state index contributed by atoms with van der Waals surface area (Å²) in [7, 11) is 1.50. The highest BCUT2D eigenvalue weighted by atomic mass is 35.5. The van der Waals surface area contributed by atoms with E-state index in [9.17, 15) is 14.0 Å². The summed E-state index contributed by atoms with van der Waals surface area (Å²) in [6, 6.07) is 10.3. The zero-order valence-corrected chi connectivity index (χ0v) is 13.0. The first kappa shape index (κ1) is 16.8.